The van der Waals surface area contributed by atoms with Crippen molar-refractivity contribution in [1.82, 2.24) is 0 Å². The summed E-state index contributed by atoms with van der Waals surface area (Å²) >= 11 is 7.22. The topological polar surface area (TPSA) is 0 Å². The summed E-state index contributed by atoms with van der Waals surface area (Å²) in [5.41, 5.74) is 0.725. The van der Waals surface area contributed by atoms with Crippen molar-refractivity contribution in [2.45, 2.75) is 6.42 Å². The highest BCUT2D eigenvalue weighted by molar-refractivity contribution is 9.10. The summed E-state index contributed by atoms with van der Waals surface area (Å²) in [6.07, 6.45) is 0.683. The van der Waals surface area contributed by atoms with Gasteiger partial charge in [0.1, 0.15) is 5.82 Å². The molecule has 0 radical (unpaired) electrons. The Hall–Kier alpha value is -0.0200. The fourth-order valence-electron chi connectivity index (χ4n) is 0.845. The third-order valence-electron chi connectivity index (χ3n) is 1.40. The van der Waals surface area contributed by atoms with E-state index in [0.717, 1.165) is 10.0 Å². The molecular formula is C8H8BrFS. The van der Waals surface area contributed by atoms with Gasteiger partial charge in [-0.05, 0) is 29.9 Å². The van der Waals surface area contributed by atoms with Gasteiger partial charge in [0.2, 0.25) is 0 Å². The van der Waals surface area contributed by atoms with Crippen LogP contribution in [0.3, 0.4) is 0 Å². The van der Waals surface area contributed by atoms with Gasteiger partial charge in [-0.3, -0.25) is 0 Å². The van der Waals surface area contributed by atoms with Crippen LogP contribution in [-0.4, -0.2) is 5.75 Å². The quantitative estimate of drug-likeness (QED) is 0.748. The maximum atomic E-state index is 13.0. The normalized spacial score (nSPS) is 10.1. The molecule has 0 unspecified atom stereocenters. The van der Waals surface area contributed by atoms with Gasteiger partial charge < -0.3 is 0 Å². The van der Waals surface area contributed by atoms with Crippen molar-refractivity contribution in [3.63, 3.8) is 0 Å². The maximum absolute atomic E-state index is 13.0. The van der Waals surface area contributed by atoms with Crippen LogP contribution in [0.2, 0.25) is 0 Å². The molecule has 0 amide bonds. The van der Waals surface area contributed by atoms with E-state index in [1.807, 2.05) is 6.07 Å². The molecule has 0 atom stereocenters. The van der Waals surface area contributed by atoms with E-state index in [4.69, 9.17) is 0 Å². The number of benzene rings is 1. The van der Waals surface area contributed by atoms with Crippen molar-refractivity contribution in [1.29, 1.82) is 0 Å². The molecule has 0 nitrogen and oxygen atoms in total. The van der Waals surface area contributed by atoms with E-state index in [9.17, 15) is 4.39 Å². The minimum absolute atomic E-state index is 0.159. The van der Waals surface area contributed by atoms with Gasteiger partial charge in [-0.15, -0.1) is 0 Å². The zero-order chi connectivity index (χ0) is 8.27. The van der Waals surface area contributed by atoms with Crippen LogP contribution in [0.5, 0.6) is 0 Å². The Labute approximate surface area is 79.3 Å². The average molecular weight is 235 g/mol. The summed E-state index contributed by atoms with van der Waals surface area (Å²) in [4.78, 5) is 0. The first kappa shape index (κ1) is 9.07. The van der Waals surface area contributed by atoms with Crippen LogP contribution < -0.4 is 0 Å². The lowest BCUT2D eigenvalue weighted by Gasteiger charge is -1.99. The number of hydrogen-bond acceptors (Lipinski definition) is 1. The van der Waals surface area contributed by atoms with Crippen molar-refractivity contribution in [3.05, 3.63) is 34.1 Å². The van der Waals surface area contributed by atoms with Crippen LogP contribution in [-0.2, 0) is 6.42 Å². The zero-order valence-electron chi connectivity index (χ0n) is 5.85. The van der Waals surface area contributed by atoms with E-state index in [-0.39, 0.29) is 5.82 Å². The Kier molecular flexibility index (Phi) is 3.40. The van der Waals surface area contributed by atoms with Gasteiger partial charge in [-0.1, -0.05) is 22.0 Å². The molecule has 0 aliphatic rings. The van der Waals surface area contributed by atoms with Gasteiger partial charge in [0, 0.05) is 4.47 Å². The molecule has 1 aromatic rings. The van der Waals surface area contributed by atoms with Crippen molar-refractivity contribution < 1.29 is 4.39 Å². The van der Waals surface area contributed by atoms with Gasteiger partial charge in [0.25, 0.3) is 0 Å². The molecule has 0 aliphatic carbocycles. The summed E-state index contributed by atoms with van der Waals surface area (Å²) < 4.78 is 13.7. The molecular weight excluding hydrogens is 227 g/mol. The molecule has 60 valence electrons. The number of rotatable bonds is 2. The van der Waals surface area contributed by atoms with Crippen molar-refractivity contribution in [3.8, 4) is 0 Å². The number of thiol groups is 1. The van der Waals surface area contributed by atoms with E-state index in [0.29, 0.717) is 12.2 Å². The van der Waals surface area contributed by atoms with Crippen molar-refractivity contribution in [2.75, 3.05) is 5.75 Å². The SMILES string of the molecule is Fc1cc(Br)ccc1CCS. The summed E-state index contributed by atoms with van der Waals surface area (Å²) in [6.45, 7) is 0. The van der Waals surface area contributed by atoms with Gasteiger partial charge in [-0.2, -0.15) is 12.6 Å². The first-order valence-corrected chi connectivity index (χ1v) is 4.71. The van der Waals surface area contributed by atoms with Crippen LogP contribution in [0.4, 0.5) is 4.39 Å². The lowest BCUT2D eigenvalue weighted by atomic mass is 10.2. The Balaban J connectivity index is 2.90. The summed E-state index contributed by atoms with van der Waals surface area (Å²) in [6, 6.07) is 5.08. The summed E-state index contributed by atoms with van der Waals surface area (Å²) in [5.74, 6) is 0.520. The van der Waals surface area contributed by atoms with Crippen LogP contribution >= 0.6 is 28.6 Å². The minimum atomic E-state index is -0.159. The van der Waals surface area contributed by atoms with Crippen LogP contribution in [0.1, 0.15) is 5.56 Å². The molecule has 0 aromatic heterocycles. The van der Waals surface area contributed by atoms with Gasteiger partial charge in [-0.25, -0.2) is 4.39 Å². The zero-order valence-corrected chi connectivity index (χ0v) is 8.33. The second-order valence-corrected chi connectivity index (χ2v) is 3.57. The molecule has 0 aliphatic heterocycles. The average Bonchev–Trinajstić information content (AvgIpc) is 1.95. The standard InChI is InChI=1S/C8H8BrFS/c9-7-2-1-6(3-4-11)8(10)5-7/h1-2,5,11H,3-4H2. The highest BCUT2D eigenvalue weighted by Crippen LogP contribution is 2.15. The summed E-state index contributed by atoms with van der Waals surface area (Å²) in [7, 11) is 0. The second kappa shape index (κ2) is 4.12. The Morgan fingerprint density at radius 2 is 2.18 bits per heavy atom. The highest BCUT2D eigenvalue weighted by atomic mass is 79.9. The molecule has 1 rings (SSSR count). The summed E-state index contributed by atoms with van der Waals surface area (Å²) in [5, 5.41) is 0. The lowest BCUT2D eigenvalue weighted by molar-refractivity contribution is 0.612. The largest absolute Gasteiger partial charge is 0.207 e. The third-order valence-corrected chi connectivity index (χ3v) is 2.11. The molecule has 0 spiro atoms. The van der Waals surface area contributed by atoms with E-state index in [1.54, 1.807) is 6.07 Å². The fourth-order valence-corrected chi connectivity index (χ4v) is 1.42. The molecule has 0 saturated carbocycles. The van der Waals surface area contributed by atoms with Gasteiger partial charge in [0.05, 0.1) is 0 Å². The molecule has 1 aromatic carbocycles. The van der Waals surface area contributed by atoms with Gasteiger partial charge >= 0.3 is 0 Å². The first-order chi connectivity index (χ1) is 5.24. The van der Waals surface area contributed by atoms with E-state index in [2.05, 4.69) is 28.6 Å². The van der Waals surface area contributed by atoms with Gasteiger partial charge in [0.15, 0.2) is 0 Å². The predicted octanol–water partition coefficient (Wildman–Crippen LogP) is 3.06. The number of hydrogen-bond donors (Lipinski definition) is 1. The van der Waals surface area contributed by atoms with Crippen LogP contribution in [0.15, 0.2) is 22.7 Å². The smallest absolute Gasteiger partial charge is 0.127 e. The predicted molar refractivity (Wildman–Crippen MR) is 51.7 cm³/mol. The lowest BCUT2D eigenvalue weighted by Crippen LogP contribution is -1.90. The molecule has 0 bridgehead atoms. The molecule has 11 heavy (non-hydrogen) atoms. The maximum Gasteiger partial charge on any atom is 0.127 e. The number of aryl methyl sites for hydroxylation is 1. The number of halogens is 2. The molecule has 0 heterocycles. The molecule has 0 saturated heterocycles. The van der Waals surface area contributed by atoms with Crippen molar-refractivity contribution in [2.24, 2.45) is 0 Å². The second-order valence-electron chi connectivity index (χ2n) is 2.21. The van der Waals surface area contributed by atoms with E-state index in [1.165, 1.54) is 6.07 Å². The Morgan fingerprint density at radius 3 is 2.73 bits per heavy atom. The monoisotopic (exact) mass is 234 g/mol. The minimum Gasteiger partial charge on any atom is -0.207 e. The van der Waals surface area contributed by atoms with Crippen LogP contribution in [0.25, 0.3) is 0 Å². The third kappa shape index (κ3) is 2.49. The first-order valence-electron chi connectivity index (χ1n) is 3.29. The fraction of sp³-hybridized carbons (Fsp3) is 0.250. The molecule has 0 N–H and O–H groups in total. The molecule has 3 heteroatoms. The van der Waals surface area contributed by atoms with Crippen LogP contribution in [0, 0.1) is 5.82 Å². The van der Waals surface area contributed by atoms with E-state index < -0.39 is 0 Å². The van der Waals surface area contributed by atoms with Crippen molar-refractivity contribution >= 4 is 28.6 Å². The Bertz CT molecular complexity index is 250. The Morgan fingerprint density at radius 1 is 1.45 bits per heavy atom. The molecule has 0 fully saturated rings. The van der Waals surface area contributed by atoms with E-state index >= 15 is 0 Å². The highest BCUT2D eigenvalue weighted by Gasteiger charge is 2.00.